The first-order valence-electron chi connectivity index (χ1n) is 10.7. The second-order valence-electron chi connectivity index (χ2n) is 8.04. The average molecular weight is 582 g/mol. The number of fused-ring (bicyclic) bond motifs is 1. The molecule has 36 heavy (non-hydrogen) atoms. The number of halogens is 1. The molecule has 1 aliphatic heterocycles. The number of hydrogen-bond donors (Lipinski definition) is 3. The molecule has 15 heteroatoms. The summed E-state index contributed by atoms with van der Waals surface area (Å²) in [5.74, 6) is -1.14. The zero-order chi connectivity index (χ0) is 26.0. The van der Waals surface area contributed by atoms with Crippen LogP contribution >= 0.6 is 15.9 Å². The number of nitrogens with zero attached hydrogens (tertiary/aromatic N) is 4. The van der Waals surface area contributed by atoms with Crippen LogP contribution in [0.15, 0.2) is 51.8 Å². The van der Waals surface area contributed by atoms with Crippen LogP contribution in [0.5, 0.6) is 0 Å². The minimum Gasteiger partial charge on any atom is -0.739 e. The van der Waals surface area contributed by atoms with Gasteiger partial charge in [0.15, 0.2) is 5.52 Å². The number of nitrogens with two attached hydrogens (primary N) is 1. The fourth-order valence-corrected chi connectivity index (χ4v) is 4.66. The number of amides is 1. The Morgan fingerprint density at radius 2 is 2.06 bits per heavy atom. The highest BCUT2D eigenvalue weighted by Gasteiger charge is 2.30. The number of likely N-dealkylation sites (tertiary alicyclic amines) is 1. The standard InChI is InChI=1S/C21H22BrN6O7S/c22-14-4-5-17-18(11-14)28(32)25-21(27(17)31)24-8-6-19(29)35-15-7-9-26(12-15)20(30)13-2-1-3-16(10-13)36(23,33)34/h1-5,10-11,15H,6-9,12H2,(H2,23,33,34)(H2,24,25,32)/q+1. The monoisotopic (exact) mass is 581 g/mol. The molecule has 4 rings (SSSR count). The van der Waals surface area contributed by atoms with Crippen LogP contribution in [0.4, 0.5) is 5.95 Å². The predicted octanol–water partition coefficient (Wildman–Crippen LogP) is 0.0628. The molecule has 3 aromatic rings. The Hall–Kier alpha value is -3.56. The lowest BCUT2D eigenvalue weighted by molar-refractivity contribution is -0.933. The van der Waals surface area contributed by atoms with Gasteiger partial charge in [0.1, 0.15) is 6.10 Å². The maximum absolute atomic E-state index is 12.7. The van der Waals surface area contributed by atoms with E-state index in [1.165, 1.54) is 41.3 Å². The molecule has 1 atom stereocenters. The number of nitrogens with one attached hydrogen (secondary N) is 1. The van der Waals surface area contributed by atoms with Gasteiger partial charge in [0.05, 0.1) is 24.4 Å². The second kappa shape index (κ2) is 10.2. The summed E-state index contributed by atoms with van der Waals surface area (Å²) in [6, 6.07) is 10.1. The highest BCUT2D eigenvalue weighted by Crippen LogP contribution is 2.19. The van der Waals surface area contributed by atoms with E-state index in [9.17, 15) is 28.4 Å². The Morgan fingerprint density at radius 1 is 1.28 bits per heavy atom. The van der Waals surface area contributed by atoms with Crippen molar-refractivity contribution in [2.75, 3.05) is 25.0 Å². The van der Waals surface area contributed by atoms with Gasteiger partial charge in [0.25, 0.3) is 5.91 Å². The first-order valence-corrected chi connectivity index (χ1v) is 13.1. The number of carbonyl (C=O) groups is 2. The van der Waals surface area contributed by atoms with Crippen LogP contribution in [0.2, 0.25) is 0 Å². The van der Waals surface area contributed by atoms with E-state index >= 15 is 0 Å². The van der Waals surface area contributed by atoms with E-state index in [0.29, 0.717) is 27.0 Å². The Balaban J connectivity index is 1.30. The average Bonchev–Trinajstić information content (AvgIpc) is 3.29. The van der Waals surface area contributed by atoms with E-state index < -0.39 is 28.0 Å². The van der Waals surface area contributed by atoms with Crippen molar-refractivity contribution in [3.8, 4) is 0 Å². The summed E-state index contributed by atoms with van der Waals surface area (Å²) in [4.78, 5) is 26.9. The van der Waals surface area contributed by atoms with Crippen molar-refractivity contribution in [1.82, 2.24) is 10.00 Å². The summed E-state index contributed by atoms with van der Waals surface area (Å²) in [6.45, 7) is 0.509. The Labute approximate surface area is 213 Å². The van der Waals surface area contributed by atoms with Crippen molar-refractivity contribution < 1.29 is 37.5 Å². The molecule has 1 unspecified atom stereocenters. The molecule has 0 aliphatic carbocycles. The van der Waals surface area contributed by atoms with Crippen molar-refractivity contribution >= 4 is 54.8 Å². The number of esters is 1. The quantitative estimate of drug-likeness (QED) is 0.150. The number of carbonyl (C=O) groups excluding carboxylic acids is 2. The molecule has 0 saturated carbocycles. The SMILES string of the molecule is NS(=O)(=O)c1cccc(C(=O)N2CCC(OC(=O)CCNc3n[n+](O)c4cc(Br)ccc4[n+]3[O-])C2)c1. The van der Waals surface area contributed by atoms with E-state index in [2.05, 4.69) is 26.3 Å². The van der Waals surface area contributed by atoms with Crippen molar-refractivity contribution in [1.29, 1.82) is 0 Å². The van der Waals surface area contributed by atoms with E-state index in [-0.39, 0.29) is 47.0 Å². The lowest BCUT2D eigenvalue weighted by atomic mass is 10.2. The number of hydrogen-bond acceptors (Lipinski definition) is 9. The van der Waals surface area contributed by atoms with Crippen LogP contribution < -0.4 is 20.0 Å². The van der Waals surface area contributed by atoms with E-state index in [1.54, 1.807) is 6.07 Å². The topological polar surface area (TPSA) is 183 Å². The van der Waals surface area contributed by atoms with Gasteiger partial charge >= 0.3 is 17.4 Å². The lowest BCUT2D eigenvalue weighted by Crippen LogP contribution is -2.46. The summed E-state index contributed by atoms with van der Waals surface area (Å²) in [5, 5.41) is 34.1. The van der Waals surface area contributed by atoms with E-state index in [4.69, 9.17) is 9.88 Å². The summed E-state index contributed by atoms with van der Waals surface area (Å²) in [5.41, 5.74) is 0.534. The van der Waals surface area contributed by atoms with Gasteiger partial charge in [-0.2, -0.15) is 0 Å². The fraction of sp³-hybridized carbons (Fsp3) is 0.286. The van der Waals surface area contributed by atoms with Crippen LogP contribution in [0.3, 0.4) is 0 Å². The minimum atomic E-state index is -3.94. The zero-order valence-corrected chi connectivity index (χ0v) is 21.1. The van der Waals surface area contributed by atoms with E-state index in [1.807, 2.05) is 0 Å². The van der Waals surface area contributed by atoms with Gasteiger partial charge in [-0.1, -0.05) is 22.0 Å². The molecule has 2 aromatic carbocycles. The third kappa shape index (κ3) is 5.63. The lowest BCUT2D eigenvalue weighted by Gasteiger charge is -2.17. The van der Waals surface area contributed by atoms with Gasteiger partial charge < -0.3 is 14.8 Å². The third-order valence-corrected chi connectivity index (χ3v) is 6.91. The maximum atomic E-state index is 12.7. The highest BCUT2D eigenvalue weighted by atomic mass is 79.9. The largest absolute Gasteiger partial charge is 0.739 e. The molecular weight excluding hydrogens is 560 g/mol. The van der Waals surface area contributed by atoms with Gasteiger partial charge in [-0.15, -0.1) is 0 Å². The third-order valence-electron chi connectivity index (χ3n) is 5.51. The van der Waals surface area contributed by atoms with Crippen LogP contribution in [-0.2, 0) is 19.6 Å². The van der Waals surface area contributed by atoms with E-state index in [0.717, 1.165) is 0 Å². The number of ether oxygens (including phenoxy) is 1. The molecule has 0 bridgehead atoms. The molecule has 4 N–H and O–H groups in total. The molecule has 190 valence electrons. The maximum Gasteiger partial charge on any atom is 0.464 e. The number of sulfonamides is 1. The van der Waals surface area contributed by atoms with Crippen molar-refractivity contribution in [3.05, 3.63) is 57.7 Å². The molecule has 0 radical (unpaired) electrons. The summed E-state index contributed by atoms with van der Waals surface area (Å²) < 4.78 is 29.7. The molecule has 1 fully saturated rings. The Kier molecular flexibility index (Phi) is 7.23. The van der Waals surface area contributed by atoms with Crippen LogP contribution in [0, 0.1) is 5.21 Å². The van der Waals surface area contributed by atoms with Crippen LogP contribution in [-0.4, -0.2) is 61.2 Å². The minimum absolute atomic E-state index is 0.0197. The fourth-order valence-electron chi connectivity index (χ4n) is 3.75. The first-order chi connectivity index (χ1) is 17.0. The number of rotatable bonds is 7. The Morgan fingerprint density at radius 3 is 2.81 bits per heavy atom. The number of aromatic nitrogens is 3. The zero-order valence-electron chi connectivity index (χ0n) is 18.7. The summed E-state index contributed by atoms with van der Waals surface area (Å²) in [6.07, 6.45) is -0.192. The molecule has 1 amide bonds. The first kappa shape index (κ1) is 25.5. The van der Waals surface area contributed by atoms with Gasteiger partial charge in [-0.05, 0) is 30.3 Å². The second-order valence-corrected chi connectivity index (χ2v) is 10.5. The van der Waals surface area contributed by atoms with Crippen LogP contribution in [0.25, 0.3) is 11.0 Å². The van der Waals surface area contributed by atoms with Gasteiger partial charge in [0.2, 0.25) is 20.0 Å². The normalized spacial score (nSPS) is 15.7. The highest BCUT2D eigenvalue weighted by molar-refractivity contribution is 9.10. The molecular formula is C21H22BrN6O7S+. The van der Waals surface area contributed by atoms with Crippen LogP contribution in [0.1, 0.15) is 23.2 Å². The van der Waals surface area contributed by atoms with Crippen molar-refractivity contribution in [2.45, 2.75) is 23.8 Å². The van der Waals surface area contributed by atoms with Crippen molar-refractivity contribution in [2.24, 2.45) is 5.14 Å². The van der Waals surface area contributed by atoms with Gasteiger partial charge in [0, 0.05) is 29.1 Å². The predicted molar refractivity (Wildman–Crippen MR) is 127 cm³/mol. The van der Waals surface area contributed by atoms with Gasteiger partial charge in [-0.25, -0.2) is 23.5 Å². The molecule has 0 spiro atoms. The van der Waals surface area contributed by atoms with Gasteiger partial charge in [-0.3, -0.25) is 14.9 Å². The molecule has 2 heterocycles. The summed E-state index contributed by atoms with van der Waals surface area (Å²) >= 11 is 3.26. The smallest absolute Gasteiger partial charge is 0.464 e. The Bertz CT molecular complexity index is 1450. The molecule has 13 nitrogen and oxygen atoms in total. The summed E-state index contributed by atoms with van der Waals surface area (Å²) in [7, 11) is -3.94. The molecule has 1 aromatic heterocycles. The number of anilines is 1. The number of benzene rings is 2. The van der Waals surface area contributed by atoms with Crippen molar-refractivity contribution in [3.63, 3.8) is 0 Å². The molecule has 1 aliphatic rings. The number of primary sulfonamides is 1. The molecule has 1 saturated heterocycles.